The SMILES string of the molecule is CC(C)C(=O)NC(Cc1c[nH]c2ccccc12)C(=O)N1CCCSCC1. The van der Waals surface area contributed by atoms with Gasteiger partial charge in [-0.15, -0.1) is 0 Å². The number of benzene rings is 1. The highest BCUT2D eigenvalue weighted by atomic mass is 32.2. The maximum atomic E-state index is 13.2. The highest BCUT2D eigenvalue weighted by molar-refractivity contribution is 7.99. The highest BCUT2D eigenvalue weighted by Crippen LogP contribution is 2.20. The van der Waals surface area contributed by atoms with Crippen molar-refractivity contribution in [1.82, 2.24) is 15.2 Å². The van der Waals surface area contributed by atoms with Gasteiger partial charge in [0.15, 0.2) is 0 Å². The molecule has 1 aromatic carbocycles. The summed E-state index contributed by atoms with van der Waals surface area (Å²) in [5, 5.41) is 4.09. The fourth-order valence-electron chi connectivity index (χ4n) is 3.25. The number of fused-ring (bicyclic) bond motifs is 1. The molecule has 2 amide bonds. The first-order valence-electron chi connectivity index (χ1n) is 9.28. The smallest absolute Gasteiger partial charge is 0.245 e. The van der Waals surface area contributed by atoms with Crippen LogP contribution in [0.3, 0.4) is 0 Å². The second-order valence-corrected chi connectivity index (χ2v) is 8.30. The average molecular weight is 374 g/mol. The van der Waals surface area contributed by atoms with Gasteiger partial charge < -0.3 is 15.2 Å². The van der Waals surface area contributed by atoms with Gasteiger partial charge in [-0.05, 0) is 23.8 Å². The molecule has 1 unspecified atom stereocenters. The molecule has 0 aliphatic carbocycles. The summed E-state index contributed by atoms with van der Waals surface area (Å²) < 4.78 is 0. The molecule has 1 fully saturated rings. The number of hydrogen-bond acceptors (Lipinski definition) is 3. The minimum atomic E-state index is -0.521. The Morgan fingerprint density at radius 1 is 1.23 bits per heavy atom. The van der Waals surface area contributed by atoms with Crippen LogP contribution >= 0.6 is 11.8 Å². The third-order valence-corrected chi connectivity index (χ3v) is 5.82. The first-order valence-corrected chi connectivity index (χ1v) is 10.4. The number of nitrogens with zero attached hydrogens (tertiary/aromatic N) is 1. The molecule has 1 aliphatic heterocycles. The molecule has 1 saturated heterocycles. The predicted molar refractivity (Wildman–Crippen MR) is 107 cm³/mol. The lowest BCUT2D eigenvalue weighted by atomic mass is 10.0. The van der Waals surface area contributed by atoms with Gasteiger partial charge >= 0.3 is 0 Å². The maximum absolute atomic E-state index is 13.2. The topological polar surface area (TPSA) is 65.2 Å². The quantitative estimate of drug-likeness (QED) is 0.847. The number of nitrogens with one attached hydrogen (secondary N) is 2. The Hall–Kier alpha value is -1.95. The van der Waals surface area contributed by atoms with E-state index in [4.69, 9.17) is 0 Å². The van der Waals surface area contributed by atoms with Gasteiger partial charge in [0.1, 0.15) is 6.04 Å². The summed E-state index contributed by atoms with van der Waals surface area (Å²) in [5.41, 5.74) is 2.11. The molecule has 26 heavy (non-hydrogen) atoms. The number of para-hydroxylation sites is 1. The normalized spacial score (nSPS) is 16.5. The van der Waals surface area contributed by atoms with E-state index in [9.17, 15) is 9.59 Å². The number of hydrogen-bond donors (Lipinski definition) is 2. The van der Waals surface area contributed by atoms with E-state index < -0.39 is 6.04 Å². The summed E-state index contributed by atoms with van der Waals surface area (Å²) in [6.45, 7) is 5.23. The van der Waals surface area contributed by atoms with Crippen molar-refractivity contribution in [2.24, 2.45) is 5.92 Å². The number of H-pyrrole nitrogens is 1. The van der Waals surface area contributed by atoms with Crippen molar-refractivity contribution in [2.45, 2.75) is 32.7 Å². The molecule has 1 aromatic heterocycles. The van der Waals surface area contributed by atoms with Crippen LogP contribution in [0.1, 0.15) is 25.8 Å². The fraction of sp³-hybridized carbons (Fsp3) is 0.500. The molecule has 2 aromatic rings. The van der Waals surface area contributed by atoms with Crippen LogP contribution in [0.25, 0.3) is 10.9 Å². The average Bonchev–Trinajstić information content (AvgIpc) is 2.85. The van der Waals surface area contributed by atoms with Crippen LogP contribution in [0, 0.1) is 5.92 Å². The van der Waals surface area contributed by atoms with E-state index in [1.807, 2.05) is 54.9 Å². The van der Waals surface area contributed by atoms with Crippen LogP contribution in [-0.4, -0.2) is 52.3 Å². The summed E-state index contributed by atoms with van der Waals surface area (Å²) in [7, 11) is 0. The van der Waals surface area contributed by atoms with E-state index in [2.05, 4.69) is 16.4 Å². The number of carbonyl (C=O) groups is 2. The molecule has 6 heteroatoms. The molecule has 1 aliphatic rings. The van der Waals surface area contributed by atoms with E-state index in [1.54, 1.807) is 0 Å². The fourth-order valence-corrected chi connectivity index (χ4v) is 4.13. The number of amides is 2. The predicted octanol–water partition coefficient (Wildman–Crippen LogP) is 2.82. The van der Waals surface area contributed by atoms with Crippen molar-refractivity contribution in [1.29, 1.82) is 0 Å². The zero-order valence-corrected chi connectivity index (χ0v) is 16.3. The molecule has 0 spiro atoms. The molecule has 0 bridgehead atoms. The Balaban J connectivity index is 1.82. The lowest BCUT2D eigenvalue weighted by Crippen LogP contribution is -2.51. The van der Waals surface area contributed by atoms with E-state index in [0.717, 1.165) is 47.5 Å². The minimum absolute atomic E-state index is 0.0341. The molecular formula is C20H27N3O2S. The molecule has 5 nitrogen and oxygen atoms in total. The Labute approximate surface area is 158 Å². The third-order valence-electron chi connectivity index (χ3n) is 4.77. The zero-order chi connectivity index (χ0) is 18.5. The zero-order valence-electron chi connectivity index (χ0n) is 15.5. The van der Waals surface area contributed by atoms with Crippen molar-refractivity contribution in [3.05, 3.63) is 36.0 Å². The van der Waals surface area contributed by atoms with Crippen LogP contribution in [0.2, 0.25) is 0 Å². The summed E-state index contributed by atoms with van der Waals surface area (Å²) in [4.78, 5) is 30.6. The van der Waals surface area contributed by atoms with Gasteiger partial charge in [0.05, 0.1) is 0 Å². The Bertz CT molecular complexity index is 763. The van der Waals surface area contributed by atoms with Gasteiger partial charge in [0.2, 0.25) is 11.8 Å². The summed E-state index contributed by atoms with van der Waals surface area (Å²) in [6.07, 6.45) is 3.46. The van der Waals surface area contributed by atoms with Crippen molar-refractivity contribution in [2.75, 3.05) is 24.6 Å². The molecule has 0 saturated carbocycles. The second kappa shape index (κ2) is 8.62. The lowest BCUT2D eigenvalue weighted by molar-refractivity contribution is -0.137. The van der Waals surface area contributed by atoms with E-state index in [0.29, 0.717) is 6.42 Å². The van der Waals surface area contributed by atoms with Crippen molar-refractivity contribution >= 4 is 34.5 Å². The molecule has 3 rings (SSSR count). The van der Waals surface area contributed by atoms with E-state index in [-0.39, 0.29) is 17.7 Å². The Morgan fingerprint density at radius 3 is 2.85 bits per heavy atom. The molecular weight excluding hydrogens is 346 g/mol. The van der Waals surface area contributed by atoms with Gasteiger partial charge in [-0.2, -0.15) is 11.8 Å². The van der Waals surface area contributed by atoms with Gasteiger partial charge in [-0.3, -0.25) is 9.59 Å². The third kappa shape index (κ3) is 4.41. The van der Waals surface area contributed by atoms with Gasteiger partial charge in [-0.1, -0.05) is 32.0 Å². The Kier molecular flexibility index (Phi) is 6.25. The lowest BCUT2D eigenvalue weighted by Gasteiger charge is -2.27. The summed E-state index contributed by atoms with van der Waals surface area (Å²) in [6, 6.07) is 7.53. The maximum Gasteiger partial charge on any atom is 0.245 e. The first-order chi connectivity index (χ1) is 12.6. The largest absolute Gasteiger partial charge is 0.361 e. The van der Waals surface area contributed by atoms with E-state index >= 15 is 0 Å². The Morgan fingerprint density at radius 2 is 2.04 bits per heavy atom. The number of rotatable bonds is 5. The molecule has 1 atom stereocenters. The number of aromatic amines is 1. The number of carbonyl (C=O) groups excluding carboxylic acids is 2. The minimum Gasteiger partial charge on any atom is -0.361 e. The van der Waals surface area contributed by atoms with Gasteiger partial charge in [-0.25, -0.2) is 0 Å². The van der Waals surface area contributed by atoms with E-state index in [1.165, 1.54) is 0 Å². The van der Waals surface area contributed by atoms with Gasteiger partial charge in [0, 0.05) is 48.3 Å². The highest BCUT2D eigenvalue weighted by Gasteiger charge is 2.28. The molecule has 2 N–H and O–H groups in total. The van der Waals surface area contributed by atoms with Crippen LogP contribution in [-0.2, 0) is 16.0 Å². The summed E-state index contributed by atoms with van der Waals surface area (Å²) in [5.74, 6) is 1.87. The van der Waals surface area contributed by atoms with Crippen LogP contribution in [0.5, 0.6) is 0 Å². The van der Waals surface area contributed by atoms with Gasteiger partial charge in [0.25, 0.3) is 0 Å². The van der Waals surface area contributed by atoms with Crippen molar-refractivity contribution < 1.29 is 9.59 Å². The van der Waals surface area contributed by atoms with Crippen molar-refractivity contribution in [3.8, 4) is 0 Å². The summed E-state index contributed by atoms with van der Waals surface area (Å²) >= 11 is 1.89. The number of thioether (sulfide) groups is 1. The monoisotopic (exact) mass is 373 g/mol. The van der Waals surface area contributed by atoms with Crippen molar-refractivity contribution in [3.63, 3.8) is 0 Å². The second-order valence-electron chi connectivity index (χ2n) is 7.07. The number of aromatic nitrogens is 1. The molecule has 140 valence electrons. The molecule has 0 radical (unpaired) electrons. The van der Waals surface area contributed by atoms with Crippen LogP contribution < -0.4 is 5.32 Å². The van der Waals surface area contributed by atoms with Crippen LogP contribution in [0.4, 0.5) is 0 Å². The first kappa shape index (κ1) is 18.8. The van der Waals surface area contributed by atoms with Crippen LogP contribution in [0.15, 0.2) is 30.5 Å². The standard InChI is InChI=1S/C20H27N3O2S/c1-14(2)19(24)22-18(20(25)23-8-5-10-26-11-9-23)12-15-13-21-17-7-4-3-6-16(15)17/h3-4,6-7,13-14,18,21H,5,8-12H2,1-2H3,(H,22,24). The molecule has 2 heterocycles.